The molecule has 0 spiro atoms. The summed E-state index contributed by atoms with van der Waals surface area (Å²) in [5, 5.41) is 22.8. The quantitative estimate of drug-likeness (QED) is 0.177. The molecule has 0 atom stereocenters. The van der Waals surface area contributed by atoms with E-state index in [0.29, 0.717) is 16.1 Å². The minimum Gasteiger partial charge on any atom is -0.450 e. The van der Waals surface area contributed by atoms with Crippen LogP contribution in [-0.4, -0.2) is 21.7 Å². The summed E-state index contributed by atoms with van der Waals surface area (Å²) in [7, 11) is 0. The topological polar surface area (TPSA) is 134 Å². The molecule has 0 saturated carbocycles. The summed E-state index contributed by atoms with van der Waals surface area (Å²) in [6.07, 6.45) is 1.48. The highest BCUT2D eigenvalue weighted by Gasteiger charge is 2.26. The van der Waals surface area contributed by atoms with Crippen LogP contribution in [0.3, 0.4) is 0 Å². The normalized spacial score (nSPS) is 14.0. The molecular weight excluding hydrogens is 489 g/mol. The number of cyclic esters (lactones) is 1. The second kappa shape index (κ2) is 9.30. The number of nitro benzene ring substituents is 2. The lowest BCUT2D eigenvalue weighted by Crippen LogP contribution is -2.05. The number of halogens is 2. The van der Waals surface area contributed by atoms with E-state index in [1.807, 2.05) is 0 Å². The minimum absolute atomic E-state index is 0.0423. The highest BCUT2D eigenvalue weighted by atomic mass is 35.5. The highest BCUT2D eigenvalue weighted by Crippen LogP contribution is 2.34. The van der Waals surface area contributed by atoms with Gasteiger partial charge in [-0.15, -0.1) is 0 Å². The van der Waals surface area contributed by atoms with Crippen LogP contribution in [0.4, 0.5) is 11.4 Å². The first-order chi connectivity index (χ1) is 16.2. The van der Waals surface area contributed by atoms with Crippen molar-refractivity contribution in [3.63, 3.8) is 0 Å². The Morgan fingerprint density at radius 3 is 2.32 bits per heavy atom. The second-order valence-electron chi connectivity index (χ2n) is 6.80. The lowest BCUT2D eigenvalue weighted by Gasteiger charge is -2.06. The molecule has 12 heteroatoms. The van der Waals surface area contributed by atoms with Gasteiger partial charge in [0.25, 0.3) is 5.69 Å². The van der Waals surface area contributed by atoms with Crippen molar-refractivity contribution in [2.24, 2.45) is 4.99 Å². The number of hydrogen-bond acceptors (Lipinski definition) is 8. The number of aliphatic imine (C=N–C) groups is 1. The molecule has 0 saturated heterocycles. The van der Waals surface area contributed by atoms with Crippen LogP contribution in [-0.2, 0) is 9.53 Å². The van der Waals surface area contributed by atoms with E-state index in [1.54, 1.807) is 24.3 Å². The molecular formula is C22H11Cl2N3O7. The van der Waals surface area contributed by atoms with E-state index in [1.165, 1.54) is 24.3 Å². The molecule has 10 nitrogen and oxygen atoms in total. The third-order valence-electron chi connectivity index (χ3n) is 4.54. The van der Waals surface area contributed by atoms with Gasteiger partial charge in [-0.1, -0.05) is 35.3 Å². The summed E-state index contributed by atoms with van der Waals surface area (Å²) in [5.74, 6) is -0.536. The number of non-ortho nitro benzene ring substituents is 1. The van der Waals surface area contributed by atoms with Gasteiger partial charge < -0.3 is 9.47 Å². The van der Waals surface area contributed by atoms with Gasteiger partial charge in [-0.3, -0.25) is 20.2 Å². The van der Waals surface area contributed by atoms with Crippen molar-refractivity contribution < 1.29 is 24.1 Å². The van der Waals surface area contributed by atoms with E-state index in [4.69, 9.17) is 32.7 Å². The van der Waals surface area contributed by atoms with Crippen LogP contribution in [0.15, 0.2) is 71.4 Å². The predicted molar refractivity (Wildman–Crippen MR) is 123 cm³/mol. The van der Waals surface area contributed by atoms with E-state index >= 15 is 0 Å². The Morgan fingerprint density at radius 1 is 0.941 bits per heavy atom. The average molecular weight is 500 g/mol. The van der Waals surface area contributed by atoms with E-state index in [-0.39, 0.29) is 28.1 Å². The molecule has 3 aromatic carbocycles. The van der Waals surface area contributed by atoms with Gasteiger partial charge in [-0.25, -0.2) is 9.79 Å². The zero-order valence-corrected chi connectivity index (χ0v) is 18.3. The molecule has 0 aliphatic carbocycles. The Hall–Kier alpha value is -4.28. The number of benzene rings is 3. The summed E-state index contributed by atoms with van der Waals surface area (Å²) >= 11 is 12.0. The number of esters is 1. The van der Waals surface area contributed by atoms with E-state index in [2.05, 4.69) is 4.99 Å². The van der Waals surface area contributed by atoms with E-state index in [0.717, 1.165) is 18.2 Å². The van der Waals surface area contributed by atoms with Crippen molar-refractivity contribution in [2.75, 3.05) is 0 Å². The maximum absolute atomic E-state index is 12.2. The zero-order chi connectivity index (χ0) is 24.4. The largest absolute Gasteiger partial charge is 0.450 e. The van der Waals surface area contributed by atoms with Gasteiger partial charge in [-0.05, 0) is 48.0 Å². The van der Waals surface area contributed by atoms with Crippen LogP contribution in [0.25, 0.3) is 6.08 Å². The lowest BCUT2D eigenvalue weighted by molar-refractivity contribution is -0.394. The first-order valence-electron chi connectivity index (χ1n) is 9.40. The zero-order valence-electron chi connectivity index (χ0n) is 16.8. The predicted octanol–water partition coefficient (Wildman–Crippen LogP) is 5.95. The number of ether oxygens (including phenoxy) is 2. The first kappa shape index (κ1) is 22.9. The standard InChI is InChI=1S/C22H11Cl2N3O7/c23-13-3-7-16(17(24)10-13)21-25-18(22(28)34-21)9-12-1-5-15(6-2-12)33-20-8-4-14(26(29)30)11-19(20)27(31)32/h1-11H/b18-9-. The maximum Gasteiger partial charge on any atom is 0.363 e. The molecule has 0 fully saturated rings. The van der Waals surface area contributed by atoms with Crippen LogP contribution in [0.5, 0.6) is 11.5 Å². The number of nitro groups is 2. The first-order valence-corrected chi connectivity index (χ1v) is 10.2. The Kier molecular flexibility index (Phi) is 6.26. The monoisotopic (exact) mass is 499 g/mol. The highest BCUT2D eigenvalue weighted by molar-refractivity contribution is 6.37. The summed E-state index contributed by atoms with van der Waals surface area (Å²) in [6.45, 7) is 0. The Bertz CT molecular complexity index is 1400. The fourth-order valence-electron chi connectivity index (χ4n) is 2.95. The number of hydrogen-bond donors (Lipinski definition) is 0. The molecule has 0 aromatic heterocycles. The summed E-state index contributed by atoms with van der Waals surface area (Å²) < 4.78 is 10.7. The third-order valence-corrected chi connectivity index (χ3v) is 5.09. The maximum atomic E-state index is 12.2. The molecule has 0 bridgehead atoms. The van der Waals surface area contributed by atoms with Crippen LogP contribution in [0.2, 0.25) is 10.0 Å². The summed E-state index contributed by atoms with van der Waals surface area (Å²) in [4.78, 5) is 37.0. The lowest BCUT2D eigenvalue weighted by atomic mass is 10.2. The smallest absolute Gasteiger partial charge is 0.363 e. The van der Waals surface area contributed by atoms with E-state index in [9.17, 15) is 25.0 Å². The Labute approximate surface area is 201 Å². The van der Waals surface area contributed by atoms with Crippen molar-refractivity contribution in [3.8, 4) is 11.5 Å². The van der Waals surface area contributed by atoms with Crippen molar-refractivity contribution >= 4 is 52.5 Å². The van der Waals surface area contributed by atoms with Crippen molar-refractivity contribution in [1.29, 1.82) is 0 Å². The van der Waals surface area contributed by atoms with Crippen LogP contribution < -0.4 is 4.74 Å². The molecule has 34 heavy (non-hydrogen) atoms. The molecule has 4 rings (SSSR count). The van der Waals surface area contributed by atoms with Gasteiger partial charge in [0.1, 0.15) is 5.75 Å². The average Bonchev–Trinajstić information content (AvgIpc) is 3.14. The van der Waals surface area contributed by atoms with Crippen molar-refractivity contribution in [3.05, 3.63) is 108 Å². The van der Waals surface area contributed by atoms with Gasteiger partial charge in [0.2, 0.25) is 11.6 Å². The third kappa shape index (κ3) is 4.87. The molecule has 170 valence electrons. The van der Waals surface area contributed by atoms with Gasteiger partial charge in [0, 0.05) is 11.1 Å². The van der Waals surface area contributed by atoms with Crippen LogP contribution in [0.1, 0.15) is 11.1 Å². The molecule has 0 unspecified atom stereocenters. The van der Waals surface area contributed by atoms with Crippen molar-refractivity contribution in [2.45, 2.75) is 0 Å². The fraction of sp³-hybridized carbons (Fsp3) is 0. The van der Waals surface area contributed by atoms with Gasteiger partial charge in [0.15, 0.2) is 5.70 Å². The fourth-order valence-corrected chi connectivity index (χ4v) is 3.44. The Balaban J connectivity index is 1.55. The number of carbonyl (C=O) groups excluding carboxylic acids is 1. The molecule has 1 heterocycles. The molecule has 0 amide bonds. The molecule has 0 radical (unpaired) electrons. The summed E-state index contributed by atoms with van der Waals surface area (Å²) in [6, 6.07) is 14.0. The van der Waals surface area contributed by atoms with Gasteiger partial charge in [0.05, 0.1) is 26.5 Å². The molecule has 3 aromatic rings. The second-order valence-corrected chi connectivity index (χ2v) is 7.64. The number of carbonyl (C=O) groups is 1. The van der Waals surface area contributed by atoms with Gasteiger partial charge >= 0.3 is 11.7 Å². The SMILES string of the molecule is O=C1OC(c2ccc(Cl)cc2Cl)=N/C1=C\c1ccc(Oc2ccc([N+](=O)[O-])cc2[N+](=O)[O-])cc1. The van der Waals surface area contributed by atoms with Crippen molar-refractivity contribution in [1.82, 2.24) is 0 Å². The number of nitrogens with zero attached hydrogens (tertiary/aromatic N) is 3. The van der Waals surface area contributed by atoms with E-state index < -0.39 is 27.2 Å². The molecule has 1 aliphatic heterocycles. The van der Waals surface area contributed by atoms with Gasteiger partial charge in [-0.2, -0.15) is 0 Å². The number of rotatable bonds is 6. The van der Waals surface area contributed by atoms with Crippen LogP contribution in [0, 0.1) is 20.2 Å². The molecule has 1 aliphatic rings. The minimum atomic E-state index is -0.768. The van der Waals surface area contributed by atoms with Crippen LogP contribution >= 0.6 is 23.2 Å². The Morgan fingerprint density at radius 2 is 1.68 bits per heavy atom. The molecule has 0 N–H and O–H groups in total. The summed E-state index contributed by atoms with van der Waals surface area (Å²) in [5.41, 5.74) is 0.0581.